The molecule has 1 aromatic rings. The lowest BCUT2D eigenvalue weighted by atomic mass is 10.2. The highest BCUT2D eigenvalue weighted by Crippen LogP contribution is 2.24. The molecule has 3 heteroatoms. The molecule has 0 saturated heterocycles. The Kier molecular flexibility index (Phi) is 3.77. The van der Waals surface area contributed by atoms with Gasteiger partial charge in [-0.15, -0.1) is 0 Å². The second kappa shape index (κ2) is 4.86. The zero-order valence-electron chi connectivity index (χ0n) is 8.91. The van der Waals surface area contributed by atoms with Crippen LogP contribution in [0.3, 0.4) is 0 Å². The maximum atomic E-state index is 5.52. The fourth-order valence-electron chi connectivity index (χ4n) is 1.18. The van der Waals surface area contributed by atoms with E-state index < -0.39 is 0 Å². The van der Waals surface area contributed by atoms with Gasteiger partial charge < -0.3 is 9.47 Å². The van der Waals surface area contributed by atoms with Crippen LogP contribution in [-0.2, 0) is 0 Å². The third kappa shape index (κ3) is 2.92. The zero-order chi connectivity index (χ0) is 10.6. The third-order valence-electron chi connectivity index (χ3n) is 1.78. The first-order valence-corrected chi connectivity index (χ1v) is 4.79. The predicted octanol–water partition coefficient (Wildman–Crippen LogP) is 2.08. The Labute approximate surface area is 84.8 Å². The van der Waals surface area contributed by atoms with Gasteiger partial charge in [0.1, 0.15) is 17.7 Å². The highest BCUT2D eigenvalue weighted by molar-refractivity contribution is 5.39. The summed E-state index contributed by atoms with van der Waals surface area (Å²) in [6.07, 6.45) is -0.299. The van der Waals surface area contributed by atoms with E-state index in [0.29, 0.717) is 6.61 Å². The van der Waals surface area contributed by atoms with E-state index in [1.807, 2.05) is 32.0 Å². The quantitative estimate of drug-likeness (QED) is 0.748. The average molecular weight is 195 g/mol. The van der Waals surface area contributed by atoms with Crippen molar-refractivity contribution in [2.24, 2.45) is 5.73 Å². The molecule has 3 nitrogen and oxygen atoms in total. The van der Waals surface area contributed by atoms with Crippen molar-refractivity contribution < 1.29 is 9.47 Å². The predicted molar refractivity (Wildman–Crippen MR) is 56.6 cm³/mol. The Morgan fingerprint density at radius 2 is 2.14 bits per heavy atom. The molecule has 0 radical (unpaired) electrons. The Hall–Kier alpha value is -1.22. The first kappa shape index (κ1) is 10.9. The summed E-state index contributed by atoms with van der Waals surface area (Å²) in [5.74, 6) is 1.60. The molecular formula is C11H17NO2. The number of nitrogens with two attached hydrogens (primary N) is 1. The molecule has 1 atom stereocenters. The third-order valence-corrected chi connectivity index (χ3v) is 1.78. The van der Waals surface area contributed by atoms with E-state index in [4.69, 9.17) is 15.2 Å². The standard InChI is InChI=1S/C11H17NO2/c1-4-13-11-7-10(14-9(3)12)6-5-8(11)2/h5-7,9H,4,12H2,1-3H3. The minimum absolute atomic E-state index is 0.299. The number of ether oxygens (including phenoxy) is 2. The first-order valence-electron chi connectivity index (χ1n) is 4.79. The molecule has 1 unspecified atom stereocenters. The summed E-state index contributed by atoms with van der Waals surface area (Å²) in [5, 5.41) is 0. The van der Waals surface area contributed by atoms with Gasteiger partial charge in [0, 0.05) is 6.07 Å². The van der Waals surface area contributed by atoms with Crippen LogP contribution in [0, 0.1) is 6.92 Å². The molecule has 0 aliphatic carbocycles. The molecule has 78 valence electrons. The number of rotatable bonds is 4. The molecule has 1 aromatic carbocycles. The van der Waals surface area contributed by atoms with E-state index in [9.17, 15) is 0 Å². The van der Waals surface area contributed by atoms with Gasteiger partial charge in [-0.25, -0.2) is 0 Å². The van der Waals surface area contributed by atoms with Crippen molar-refractivity contribution in [1.82, 2.24) is 0 Å². The minimum atomic E-state index is -0.299. The lowest BCUT2D eigenvalue weighted by Gasteiger charge is -2.12. The van der Waals surface area contributed by atoms with Crippen LogP contribution in [0.25, 0.3) is 0 Å². The van der Waals surface area contributed by atoms with Crippen LogP contribution in [-0.4, -0.2) is 12.8 Å². The summed E-state index contributed by atoms with van der Waals surface area (Å²) < 4.78 is 10.8. The molecule has 0 aliphatic heterocycles. The molecule has 0 aromatic heterocycles. The summed E-state index contributed by atoms with van der Waals surface area (Å²) in [6.45, 7) is 6.40. The van der Waals surface area contributed by atoms with Crippen LogP contribution in [0.2, 0.25) is 0 Å². The molecule has 2 N–H and O–H groups in total. The first-order chi connectivity index (χ1) is 6.63. The van der Waals surface area contributed by atoms with Gasteiger partial charge in [0.2, 0.25) is 0 Å². The van der Waals surface area contributed by atoms with Crippen LogP contribution >= 0.6 is 0 Å². The molecule has 14 heavy (non-hydrogen) atoms. The van der Waals surface area contributed by atoms with Crippen molar-refractivity contribution in [3.8, 4) is 11.5 Å². The van der Waals surface area contributed by atoms with Gasteiger partial charge in [0.15, 0.2) is 0 Å². The summed E-state index contributed by atoms with van der Waals surface area (Å²) in [6, 6.07) is 5.71. The Bertz CT molecular complexity index is 297. The van der Waals surface area contributed by atoms with Crippen LogP contribution in [0.15, 0.2) is 18.2 Å². The lowest BCUT2D eigenvalue weighted by molar-refractivity contribution is 0.228. The molecule has 0 aliphatic rings. The summed E-state index contributed by atoms with van der Waals surface area (Å²) in [7, 11) is 0. The molecule has 0 heterocycles. The average Bonchev–Trinajstić information content (AvgIpc) is 2.10. The van der Waals surface area contributed by atoms with Gasteiger partial charge in [0.05, 0.1) is 6.61 Å². The lowest BCUT2D eigenvalue weighted by Crippen LogP contribution is -2.22. The fourth-order valence-corrected chi connectivity index (χ4v) is 1.18. The number of benzene rings is 1. The van der Waals surface area contributed by atoms with Crippen LogP contribution in [0.1, 0.15) is 19.4 Å². The number of hydrogen-bond acceptors (Lipinski definition) is 3. The fraction of sp³-hybridized carbons (Fsp3) is 0.455. The second-order valence-corrected chi connectivity index (χ2v) is 3.18. The smallest absolute Gasteiger partial charge is 0.144 e. The van der Waals surface area contributed by atoms with Gasteiger partial charge >= 0.3 is 0 Å². The van der Waals surface area contributed by atoms with Crippen molar-refractivity contribution in [1.29, 1.82) is 0 Å². The SMILES string of the molecule is CCOc1cc(OC(C)N)ccc1C. The van der Waals surface area contributed by atoms with E-state index in [1.165, 1.54) is 0 Å². The van der Waals surface area contributed by atoms with Gasteiger partial charge in [-0.3, -0.25) is 5.73 Å². The molecule has 1 rings (SSSR count). The van der Waals surface area contributed by atoms with E-state index >= 15 is 0 Å². The van der Waals surface area contributed by atoms with E-state index in [1.54, 1.807) is 6.92 Å². The van der Waals surface area contributed by atoms with Gasteiger partial charge in [-0.1, -0.05) is 6.07 Å². The van der Waals surface area contributed by atoms with E-state index in [2.05, 4.69) is 0 Å². The van der Waals surface area contributed by atoms with Crippen molar-refractivity contribution >= 4 is 0 Å². The van der Waals surface area contributed by atoms with Crippen LogP contribution in [0.5, 0.6) is 11.5 Å². The van der Waals surface area contributed by atoms with Crippen molar-refractivity contribution in [3.05, 3.63) is 23.8 Å². The summed E-state index contributed by atoms with van der Waals surface area (Å²) >= 11 is 0. The highest BCUT2D eigenvalue weighted by atomic mass is 16.5. The summed E-state index contributed by atoms with van der Waals surface area (Å²) in [4.78, 5) is 0. The van der Waals surface area contributed by atoms with Crippen LogP contribution in [0.4, 0.5) is 0 Å². The van der Waals surface area contributed by atoms with E-state index in [0.717, 1.165) is 17.1 Å². The number of aryl methyl sites for hydroxylation is 1. The van der Waals surface area contributed by atoms with Gasteiger partial charge in [0.25, 0.3) is 0 Å². The highest BCUT2D eigenvalue weighted by Gasteiger charge is 2.03. The molecule has 0 amide bonds. The van der Waals surface area contributed by atoms with Gasteiger partial charge in [-0.05, 0) is 32.4 Å². The van der Waals surface area contributed by atoms with E-state index in [-0.39, 0.29) is 6.23 Å². The Balaban J connectivity index is 2.83. The van der Waals surface area contributed by atoms with Crippen molar-refractivity contribution in [2.45, 2.75) is 27.0 Å². The molecule has 0 fully saturated rings. The maximum absolute atomic E-state index is 5.52. The topological polar surface area (TPSA) is 44.5 Å². The van der Waals surface area contributed by atoms with Crippen molar-refractivity contribution in [2.75, 3.05) is 6.61 Å². The molecule has 0 saturated carbocycles. The molecule has 0 bridgehead atoms. The normalized spacial score (nSPS) is 12.3. The Morgan fingerprint density at radius 1 is 1.43 bits per heavy atom. The number of hydrogen-bond donors (Lipinski definition) is 1. The molecular weight excluding hydrogens is 178 g/mol. The Morgan fingerprint density at radius 3 is 2.71 bits per heavy atom. The summed E-state index contributed by atoms with van der Waals surface area (Å²) in [5.41, 5.74) is 6.62. The largest absolute Gasteiger partial charge is 0.493 e. The van der Waals surface area contributed by atoms with Crippen molar-refractivity contribution in [3.63, 3.8) is 0 Å². The monoisotopic (exact) mass is 195 g/mol. The maximum Gasteiger partial charge on any atom is 0.144 e. The van der Waals surface area contributed by atoms with Gasteiger partial charge in [-0.2, -0.15) is 0 Å². The second-order valence-electron chi connectivity index (χ2n) is 3.18. The minimum Gasteiger partial charge on any atom is -0.493 e. The van der Waals surface area contributed by atoms with Crippen LogP contribution < -0.4 is 15.2 Å². The molecule has 0 spiro atoms. The zero-order valence-corrected chi connectivity index (χ0v) is 8.91.